The van der Waals surface area contributed by atoms with Gasteiger partial charge in [0, 0.05) is 40.1 Å². The summed E-state index contributed by atoms with van der Waals surface area (Å²) in [6, 6.07) is 17.3. The molecule has 1 heterocycles. The minimum Gasteiger partial charge on any atom is -0.376 e. The van der Waals surface area contributed by atoms with Crippen molar-refractivity contribution in [2.45, 2.75) is 18.9 Å². The number of nitrogens with two attached hydrogens (primary N) is 1. The van der Waals surface area contributed by atoms with E-state index in [2.05, 4.69) is 15.6 Å². The average molecular weight is 414 g/mol. The van der Waals surface area contributed by atoms with Crippen LogP contribution in [0.15, 0.2) is 78.4 Å². The van der Waals surface area contributed by atoms with E-state index >= 15 is 0 Å². The predicted molar refractivity (Wildman–Crippen MR) is 121 cm³/mol. The summed E-state index contributed by atoms with van der Waals surface area (Å²) in [5.41, 5.74) is 8.08. The maximum Gasteiger partial charge on any atom is 0.255 e. The van der Waals surface area contributed by atoms with Crippen molar-refractivity contribution in [2.75, 3.05) is 10.6 Å². The molecule has 1 aliphatic carbocycles. The molecule has 1 unspecified atom stereocenters. The molecule has 2 aromatic carbocycles. The number of carbonyl (C=O) groups is 2. The Balaban J connectivity index is 1.45. The van der Waals surface area contributed by atoms with Gasteiger partial charge >= 0.3 is 0 Å². The number of nitrogens with one attached hydrogen (secondary N) is 2. The Morgan fingerprint density at radius 3 is 2.48 bits per heavy atom. The second-order valence-electron chi connectivity index (χ2n) is 7.47. The Hall–Kier alpha value is -3.97. The maximum absolute atomic E-state index is 12.5. The van der Waals surface area contributed by atoms with E-state index in [1.165, 1.54) is 18.2 Å². The number of anilines is 3. The number of amides is 2. The minimum absolute atomic E-state index is 0.0379. The monoisotopic (exact) mass is 414 g/mol. The van der Waals surface area contributed by atoms with Crippen LogP contribution in [0.1, 0.15) is 12.1 Å². The van der Waals surface area contributed by atoms with Crippen molar-refractivity contribution in [1.82, 2.24) is 4.98 Å². The summed E-state index contributed by atoms with van der Waals surface area (Å²) in [6.45, 7) is 1.95. The fourth-order valence-corrected chi connectivity index (χ4v) is 3.39. The van der Waals surface area contributed by atoms with E-state index in [4.69, 9.17) is 5.73 Å². The second kappa shape index (κ2) is 8.04. The first-order valence-electron chi connectivity index (χ1n) is 9.80. The summed E-state index contributed by atoms with van der Waals surface area (Å²) in [5.74, 6) is -1.18. The number of primary amides is 1. The summed E-state index contributed by atoms with van der Waals surface area (Å²) in [6.07, 6.45) is 4.10. The Bertz CT molecular complexity index is 1230. The fourth-order valence-electron chi connectivity index (χ4n) is 3.39. The molecule has 156 valence electrons. The molecule has 0 spiro atoms. The number of pyridine rings is 1. The lowest BCUT2D eigenvalue weighted by atomic mass is 9.91. The molecule has 1 aliphatic rings. The zero-order valence-corrected chi connectivity index (χ0v) is 16.9. The molecule has 5 N–H and O–H groups in total. The van der Waals surface area contributed by atoms with Crippen LogP contribution in [0, 0.1) is 6.92 Å². The van der Waals surface area contributed by atoms with E-state index in [1.807, 2.05) is 49.4 Å². The third kappa shape index (κ3) is 4.31. The third-order valence-corrected chi connectivity index (χ3v) is 5.13. The number of aromatic nitrogens is 1. The molecule has 1 aromatic heterocycles. The SMILES string of the molecule is Cc1cc(Nc2ccc(NC(=O)C3=CCC(O)(C(N)=O)C=C3)cc2)c2ccccc2n1. The van der Waals surface area contributed by atoms with Gasteiger partial charge in [0.05, 0.1) is 5.52 Å². The van der Waals surface area contributed by atoms with Gasteiger partial charge in [-0.25, -0.2) is 0 Å². The van der Waals surface area contributed by atoms with Crippen molar-refractivity contribution < 1.29 is 14.7 Å². The van der Waals surface area contributed by atoms with Crippen LogP contribution in [0.3, 0.4) is 0 Å². The van der Waals surface area contributed by atoms with Gasteiger partial charge in [-0.05, 0) is 49.4 Å². The molecule has 0 radical (unpaired) electrons. The lowest BCUT2D eigenvalue weighted by Crippen LogP contribution is -2.42. The summed E-state index contributed by atoms with van der Waals surface area (Å²) in [5, 5.41) is 17.3. The molecule has 0 bridgehead atoms. The molecule has 2 amide bonds. The average Bonchev–Trinajstić information content (AvgIpc) is 2.75. The molecule has 0 saturated carbocycles. The maximum atomic E-state index is 12.5. The highest BCUT2D eigenvalue weighted by Gasteiger charge is 2.32. The van der Waals surface area contributed by atoms with Gasteiger partial charge in [-0.2, -0.15) is 0 Å². The van der Waals surface area contributed by atoms with E-state index < -0.39 is 11.5 Å². The summed E-state index contributed by atoms with van der Waals surface area (Å²) in [4.78, 5) is 28.3. The number of aryl methyl sites for hydroxylation is 1. The first-order chi connectivity index (χ1) is 14.8. The van der Waals surface area contributed by atoms with Crippen molar-refractivity contribution in [3.63, 3.8) is 0 Å². The Morgan fingerprint density at radius 1 is 1.10 bits per heavy atom. The molecule has 4 rings (SSSR count). The molecule has 31 heavy (non-hydrogen) atoms. The summed E-state index contributed by atoms with van der Waals surface area (Å²) in [7, 11) is 0. The molecular weight excluding hydrogens is 392 g/mol. The van der Waals surface area contributed by atoms with E-state index in [1.54, 1.807) is 12.1 Å². The number of nitrogens with zero attached hydrogens (tertiary/aromatic N) is 1. The van der Waals surface area contributed by atoms with Gasteiger partial charge in [-0.3, -0.25) is 14.6 Å². The Kier molecular flexibility index (Phi) is 5.27. The Labute approximate surface area is 179 Å². The van der Waals surface area contributed by atoms with Crippen LogP contribution >= 0.6 is 0 Å². The van der Waals surface area contributed by atoms with Crippen LogP contribution in [0.4, 0.5) is 17.1 Å². The van der Waals surface area contributed by atoms with E-state index in [0.29, 0.717) is 11.3 Å². The van der Waals surface area contributed by atoms with Crippen LogP contribution in [-0.2, 0) is 9.59 Å². The zero-order valence-electron chi connectivity index (χ0n) is 16.9. The molecule has 7 heteroatoms. The quantitative estimate of drug-likeness (QED) is 0.511. The standard InChI is InChI=1S/C24H22N4O3/c1-15-14-21(19-4-2-3-5-20(19)26-15)27-17-6-8-18(9-7-17)28-22(29)16-10-12-24(31,13-11-16)23(25)30/h2-12,14,31H,13H2,1H3,(H2,25,30)(H,26,27)(H,28,29). The van der Waals surface area contributed by atoms with Crippen molar-refractivity contribution >= 4 is 39.8 Å². The summed E-state index contributed by atoms with van der Waals surface area (Å²) < 4.78 is 0. The molecule has 0 saturated heterocycles. The number of para-hydroxylation sites is 1. The summed E-state index contributed by atoms with van der Waals surface area (Å²) >= 11 is 0. The largest absolute Gasteiger partial charge is 0.376 e. The van der Waals surface area contributed by atoms with Crippen molar-refractivity contribution in [2.24, 2.45) is 5.73 Å². The highest BCUT2D eigenvalue weighted by atomic mass is 16.3. The third-order valence-electron chi connectivity index (χ3n) is 5.13. The normalized spacial score (nSPS) is 17.8. The lowest BCUT2D eigenvalue weighted by Gasteiger charge is -2.22. The van der Waals surface area contributed by atoms with Crippen molar-refractivity contribution in [1.29, 1.82) is 0 Å². The molecule has 3 aromatic rings. The molecule has 0 aliphatic heterocycles. The van der Waals surface area contributed by atoms with Gasteiger partial charge in [0.25, 0.3) is 11.8 Å². The number of hydrogen-bond acceptors (Lipinski definition) is 5. The van der Waals surface area contributed by atoms with Crippen LogP contribution in [0.25, 0.3) is 10.9 Å². The highest BCUT2D eigenvalue weighted by Crippen LogP contribution is 2.27. The zero-order chi connectivity index (χ0) is 22.0. The molecule has 1 atom stereocenters. The van der Waals surface area contributed by atoms with Crippen LogP contribution in [0.2, 0.25) is 0 Å². The van der Waals surface area contributed by atoms with Gasteiger partial charge in [0.1, 0.15) is 0 Å². The van der Waals surface area contributed by atoms with Crippen LogP contribution < -0.4 is 16.4 Å². The fraction of sp³-hybridized carbons (Fsp3) is 0.125. The van der Waals surface area contributed by atoms with Gasteiger partial charge < -0.3 is 21.5 Å². The van der Waals surface area contributed by atoms with E-state index in [0.717, 1.165) is 28.0 Å². The van der Waals surface area contributed by atoms with Crippen molar-refractivity contribution in [3.05, 3.63) is 84.1 Å². The first-order valence-corrected chi connectivity index (χ1v) is 9.80. The number of rotatable bonds is 5. The van der Waals surface area contributed by atoms with E-state index in [-0.39, 0.29) is 12.3 Å². The number of benzene rings is 2. The van der Waals surface area contributed by atoms with Crippen molar-refractivity contribution in [3.8, 4) is 0 Å². The number of aliphatic hydroxyl groups is 1. The van der Waals surface area contributed by atoms with Crippen LogP contribution in [0.5, 0.6) is 0 Å². The molecular formula is C24H22N4O3. The van der Waals surface area contributed by atoms with E-state index in [9.17, 15) is 14.7 Å². The van der Waals surface area contributed by atoms with Gasteiger partial charge in [0.2, 0.25) is 0 Å². The van der Waals surface area contributed by atoms with Gasteiger partial charge in [-0.15, -0.1) is 0 Å². The minimum atomic E-state index is -1.74. The number of hydrogen-bond donors (Lipinski definition) is 4. The smallest absolute Gasteiger partial charge is 0.255 e. The predicted octanol–water partition coefficient (Wildman–Crippen LogP) is 3.33. The lowest BCUT2D eigenvalue weighted by molar-refractivity contribution is -0.131. The topological polar surface area (TPSA) is 117 Å². The molecule has 7 nitrogen and oxygen atoms in total. The number of carbonyl (C=O) groups excluding carboxylic acids is 2. The van der Waals surface area contributed by atoms with Gasteiger partial charge in [-0.1, -0.05) is 30.4 Å². The Morgan fingerprint density at radius 2 is 1.81 bits per heavy atom. The first kappa shape index (κ1) is 20.3. The molecule has 0 fully saturated rings. The number of fused-ring (bicyclic) bond motifs is 1. The second-order valence-corrected chi connectivity index (χ2v) is 7.47. The highest BCUT2D eigenvalue weighted by molar-refractivity contribution is 6.06. The van der Waals surface area contributed by atoms with Crippen LogP contribution in [-0.4, -0.2) is 27.5 Å². The van der Waals surface area contributed by atoms with Gasteiger partial charge in [0.15, 0.2) is 5.60 Å².